The molecule has 0 radical (unpaired) electrons. The molecule has 6 rings (SSSR count). The molecule has 0 unspecified atom stereocenters. The number of nitrogens with zero attached hydrogens (tertiary/aromatic N) is 1. The molecule has 0 aliphatic rings. The van der Waals surface area contributed by atoms with Gasteiger partial charge in [0, 0.05) is 63.2 Å². The molecule has 0 spiro atoms. The molecule has 2 amide bonds. The van der Waals surface area contributed by atoms with Gasteiger partial charge in [-0.2, -0.15) is 0 Å². The summed E-state index contributed by atoms with van der Waals surface area (Å²) >= 11 is 0. The fraction of sp³-hybridized carbons (Fsp3) is 0.468. The standard InChI is InChI=1S/C14H28N2O5.C14H14.C10H12O2.C9H12O.C8H9NO2.C8H10.C7H14O2.C5H10O2.C4H8O2/c1-5-12(17)15-6-8-19-10-11-20-9-7-16-13(18)21-14(2,3)4;1-12(13-8-4-2-5-9-13)14-10-6-3-7-11-14;1-2-10(11)12-8-9-6-4-3-5-7-9;1-3-8-4-6-9(10-2)7-5-8;1-2-7-3-5-8(6-4-7)9(10)11;1-2-8-6-4-3-5-7-8;1-5-6(8)9-7(2,3)4;1-3-5(6)7-4-2;1-3-4(5)6-2/h5-11H2,1-4H3,(H,15,17)(H,16,18);2-12H,1H3;3-7H,2,8H2,1H3;4-7H,3H2,1-2H3;3-6H,2H2,1H3;3-7H,2H2,1H3;5H2,1-4H3;3-4H2,1-2H3;3H2,1-2H3. The third kappa shape index (κ3) is 57.3. The van der Waals surface area contributed by atoms with E-state index in [9.17, 15) is 38.9 Å². The maximum Gasteiger partial charge on any atom is 0.407 e. The first-order valence-electron chi connectivity index (χ1n) is 33.7. The molecule has 544 valence electrons. The van der Waals surface area contributed by atoms with Gasteiger partial charge in [0.1, 0.15) is 23.6 Å². The molecule has 19 heteroatoms. The zero-order chi connectivity index (χ0) is 74.4. The maximum absolute atomic E-state index is 11.3. The molecule has 98 heavy (non-hydrogen) atoms. The van der Waals surface area contributed by atoms with Crippen LogP contribution in [0.15, 0.2) is 170 Å². The molecular weight excluding hydrogens is 1250 g/mol. The molecule has 19 nitrogen and oxygen atoms in total. The minimum atomic E-state index is -0.494. The molecule has 0 aliphatic carbocycles. The van der Waals surface area contributed by atoms with Gasteiger partial charge >= 0.3 is 30.0 Å². The Morgan fingerprint density at radius 3 is 1.13 bits per heavy atom. The first-order valence-corrected chi connectivity index (χ1v) is 33.7. The van der Waals surface area contributed by atoms with Crippen LogP contribution in [0.4, 0.5) is 10.5 Å². The average Bonchev–Trinajstić information content (AvgIpc) is 0.937. The van der Waals surface area contributed by atoms with E-state index in [-0.39, 0.29) is 46.0 Å². The second kappa shape index (κ2) is 60.5. The maximum atomic E-state index is 11.3. The van der Waals surface area contributed by atoms with Crippen molar-refractivity contribution in [1.29, 1.82) is 0 Å². The zero-order valence-corrected chi connectivity index (χ0v) is 62.0. The van der Waals surface area contributed by atoms with E-state index in [1.807, 2.05) is 97.0 Å². The van der Waals surface area contributed by atoms with Crippen molar-refractivity contribution in [2.24, 2.45) is 0 Å². The Labute approximate surface area is 586 Å². The minimum Gasteiger partial charge on any atom is -0.497 e. The highest BCUT2D eigenvalue weighted by Gasteiger charge is 2.16. The Balaban J connectivity index is -0.00000106. The molecule has 0 aromatic heterocycles. The van der Waals surface area contributed by atoms with Gasteiger partial charge in [0.15, 0.2) is 0 Å². The Bertz CT molecular complexity index is 2870. The topological polar surface area (TPSA) is 243 Å². The Morgan fingerprint density at radius 2 is 0.816 bits per heavy atom. The second-order valence-corrected chi connectivity index (χ2v) is 22.7. The van der Waals surface area contributed by atoms with Crippen molar-refractivity contribution in [3.63, 3.8) is 0 Å². The summed E-state index contributed by atoms with van der Waals surface area (Å²) in [6.45, 7) is 33.8. The number of carbonyl (C=O) groups is 6. The largest absolute Gasteiger partial charge is 0.497 e. The average molecular weight is 1360 g/mol. The van der Waals surface area contributed by atoms with E-state index in [1.165, 1.54) is 41.5 Å². The summed E-state index contributed by atoms with van der Waals surface area (Å²) < 4.78 is 39.3. The number of hydrogen-bond donors (Lipinski definition) is 2. The molecule has 0 saturated carbocycles. The van der Waals surface area contributed by atoms with E-state index in [1.54, 1.807) is 60.8 Å². The van der Waals surface area contributed by atoms with Gasteiger partial charge in [-0.15, -0.1) is 0 Å². The van der Waals surface area contributed by atoms with Crippen molar-refractivity contribution >= 4 is 41.6 Å². The lowest BCUT2D eigenvalue weighted by Gasteiger charge is -2.19. The summed E-state index contributed by atoms with van der Waals surface area (Å²) in [6, 6.07) is 56.0. The monoisotopic (exact) mass is 1360 g/mol. The second-order valence-electron chi connectivity index (χ2n) is 22.7. The van der Waals surface area contributed by atoms with Crippen molar-refractivity contribution < 1.29 is 71.6 Å². The lowest BCUT2D eigenvalue weighted by atomic mass is 9.93. The van der Waals surface area contributed by atoms with Crippen LogP contribution in [-0.2, 0) is 83.0 Å². The highest BCUT2D eigenvalue weighted by molar-refractivity contribution is 5.75. The summed E-state index contributed by atoms with van der Waals surface area (Å²) in [4.78, 5) is 73.6. The molecule has 0 aliphatic heterocycles. The predicted molar refractivity (Wildman–Crippen MR) is 392 cm³/mol. The van der Waals surface area contributed by atoms with E-state index in [2.05, 4.69) is 138 Å². The van der Waals surface area contributed by atoms with Gasteiger partial charge in [-0.1, -0.05) is 208 Å². The molecule has 0 bridgehead atoms. The van der Waals surface area contributed by atoms with Gasteiger partial charge in [-0.05, 0) is 113 Å². The zero-order valence-electron chi connectivity index (χ0n) is 62.0. The summed E-state index contributed by atoms with van der Waals surface area (Å²) in [5.74, 6) is 0.858. The predicted octanol–water partition coefficient (Wildman–Crippen LogP) is 17.0. The summed E-state index contributed by atoms with van der Waals surface area (Å²) in [5, 5.41) is 15.5. The molecular formula is C79H117N3O16. The number of aryl methyl sites for hydroxylation is 3. The van der Waals surface area contributed by atoms with E-state index in [0.717, 1.165) is 36.1 Å². The number of nitro benzene ring substituents is 1. The number of nitrogens with one attached hydrogen (secondary N) is 2. The Kier molecular flexibility index (Phi) is 57.5. The molecule has 0 atom stereocenters. The summed E-state index contributed by atoms with van der Waals surface area (Å²) in [6.07, 6.45) is 5.01. The van der Waals surface area contributed by atoms with Crippen molar-refractivity contribution in [2.75, 3.05) is 60.3 Å². The van der Waals surface area contributed by atoms with Gasteiger partial charge in [0.05, 0.1) is 52.2 Å². The molecule has 6 aromatic rings. The first kappa shape index (κ1) is 93.2. The minimum absolute atomic E-state index is 0.0167. The van der Waals surface area contributed by atoms with E-state index < -0.39 is 11.7 Å². The van der Waals surface area contributed by atoms with Gasteiger partial charge in [-0.25, -0.2) is 4.79 Å². The summed E-state index contributed by atoms with van der Waals surface area (Å²) in [7, 11) is 3.06. The fourth-order valence-electron chi connectivity index (χ4n) is 7.01. The number of rotatable bonds is 24. The number of non-ortho nitro benzene ring substituents is 1. The highest BCUT2D eigenvalue weighted by atomic mass is 16.6. The molecule has 0 heterocycles. The fourth-order valence-corrected chi connectivity index (χ4v) is 7.01. The van der Waals surface area contributed by atoms with Crippen LogP contribution in [-0.4, -0.2) is 112 Å². The van der Waals surface area contributed by atoms with E-state index in [0.29, 0.717) is 90.8 Å². The van der Waals surface area contributed by atoms with Crippen LogP contribution in [0.3, 0.4) is 0 Å². The Hall–Kier alpha value is -8.94. The van der Waals surface area contributed by atoms with Crippen molar-refractivity contribution in [3.8, 4) is 5.75 Å². The number of methoxy groups -OCH3 is 2. The third-order valence-electron chi connectivity index (χ3n) is 12.5. The SMILES string of the molecule is CC(c1ccccc1)c1ccccc1.CCC(=O)NCCOCCOCCNC(=O)OC(C)(C)C.CCC(=O)OC.CCC(=O)OC(C)(C)C.CCC(=O)OCc1ccccc1.CCOC(=O)CC.CCc1ccc(OC)cc1.CCc1ccc([N+](=O)[O-])cc1.CCc1ccccc1. The number of esters is 4. The number of alkyl carbamates (subject to hydrolysis) is 1. The van der Waals surface area contributed by atoms with Crippen LogP contribution in [0.1, 0.15) is 182 Å². The third-order valence-corrected chi connectivity index (χ3v) is 12.5. The van der Waals surface area contributed by atoms with Gasteiger partial charge in [0.25, 0.3) is 5.69 Å². The summed E-state index contributed by atoms with van der Waals surface area (Å²) in [5.41, 5.74) is 6.99. The smallest absolute Gasteiger partial charge is 0.407 e. The van der Waals surface area contributed by atoms with Crippen molar-refractivity contribution in [1.82, 2.24) is 10.6 Å². The van der Waals surface area contributed by atoms with Crippen LogP contribution in [0.2, 0.25) is 0 Å². The van der Waals surface area contributed by atoms with E-state index in [4.69, 9.17) is 28.4 Å². The Morgan fingerprint density at radius 1 is 0.439 bits per heavy atom. The lowest BCUT2D eigenvalue weighted by molar-refractivity contribution is -0.384. The molecule has 0 saturated heterocycles. The van der Waals surface area contributed by atoms with Crippen molar-refractivity contribution in [2.45, 2.75) is 186 Å². The van der Waals surface area contributed by atoms with Crippen LogP contribution >= 0.6 is 0 Å². The van der Waals surface area contributed by atoms with Crippen LogP contribution in [0.5, 0.6) is 5.75 Å². The number of hydrogen-bond acceptors (Lipinski definition) is 16. The van der Waals surface area contributed by atoms with E-state index >= 15 is 0 Å². The number of nitro groups is 1. The van der Waals surface area contributed by atoms with Crippen LogP contribution < -0.4 is 15.4 Å². The molecule has 0 fully saturated rings. The van der Waals surface area contributed by atoms with Crippen molar-refractivity contribution in [3.05, 3.63) is 213 Å². The van der Waals surface area contributed by atoms with Gasteiger partial charge in [-0.3, -0.25) is 34.1 Å². The number of amides is 2. The quantitative estimate of drug-likeness (QED) is 0.0188. The van der Waals surface area contributed by atoms with Crippen LogP contribution in [0.25, 0.3) is 0 Å². The first-order chi connectivity index (χ1) is 46.7. The molecule has 6 aromatic carbocycles. The number of ether oxygens (including phenoxy) is 8. The van der Waals surface area contributed by atoms with Gasteiger partial charge < -0.3 is 48.5 Å². The van der Waals surface area contributed by atoms with Gasteiger partial charge in [0.2, 0.25) is 5.91 Å². The molecule has 2 N–H and O–H groups in total. The number of carbonyl (C=O) groups excluding carboxylic acids is 6. The van der Waals surface area contributed by atoms with Crippen LogP contribution in [0, 0.1) is 10.1 Å². The lowest BCUT2D eigenvalue weighted by Crippen LogP contribution is -2.34. The normalized spacial score (nSPS) is 9.87. The number of benzene rings is 6. The highest BCUT2D eigenvalue weighted by Crippen LogP contribution is 2.23.